The number of nitrogens with one attached hydrogen (secondary N) is 2. The average Bonchev–Trinajstić information content (AvgIpc) is 3.10. The highest BCUT2D eigenvalue weighted by molar-refractivity contribution is 6.04. The summed E-state index contributed by atoms with van der Waals surface area (Å²) in [6.45, 7) is 0. The third-order valence-electron chi connectivity index (χ3n) is 3.60. The second-order valence-corrected chi connectivity index (χ2v) is 5.44. The maximum atomic E-state index is 12.3. The van der Waals surface area contributed by atoms with Crippen LogP contribution in [0.25, 0.3) is 11.3 Å². The van der Waals surface area contributed by atoms with Crippen molar-refractivity contribution in [3.05, 3.63) is 66.4 Å². The number of carbonyl (C=O) groups is 1. The van der Waals surface area contributed by atoms with Gasteiger partial charge in [-0.25, -0.2) is 0 Å². The highest BCUT2D eigenvalue weighted by Gasteiger charge is 2.07. The first-order valence-corrected chi connectivity index (χ1v) is 7.32. The van der Waals surface area contributed by atoms with E-state index in [9.17, 15) is 4.79 Å². The number of carbonyl (C=O) groups excluding carboxylic acids is 1. The lowest BCUT2D eigenvalue weighted by Crippen LogP contribution is -2.13. The number of hydrogen-bond acceptors (Lipinski definition) is 3. The Bertz CT molecular complexity index is 775. The van der Waals surface area contributed by atoms with Gasteiger partial charge in [-0.3, -0.25) is 9.89 Å². The summed E-state index contributed by atoms with van der Waals surface area (Å²) in [7, 11) is 3.94. The maximum Gasteiger partial charge on any atom is 0.255 e. The number of nitrogens with zero attached hydrogens (tertiary/aromatic N) is 2. The summed E-state index contributed by atoms with van der Waals surface area (Å²) in [4.78, 5) is 14.3. The molecular weight excluding hydrogens is 288 g/mol. The number of aromatic amines is 1. The van der Waals surface area contributed by atoms with Crippen molar-refractivity contribution in [3.8, 4) is 11.3 Å². The van der Waals surface area contributed by atoms with Crippen LogP contribution >= 0.6 is 0 Å². The van der Waals surface area contributed by atoms with Gasteiger partial charge >= 0.3 is 0 Å². The fourth-order valence-electron chi connectivity index (χ4n) is 2.26. The molecule has 0 fully saturated rings. The summed E-state index contributed by atoms with van der Waals surface area (Å²) in [5.74, 6) is -0.121. The molecule has 0 bridgehead atoms. The average molecular weight is 306 g/mol. The fourth-order valence-corrected chi connectivity index (χ4v) is 2.26. The number of rotatable bonds is 4. The predicted octanol–water partition coefficient (Wildman–Crippen LogP) is 3.40. The Hall–Kier alpha value is -3.08. The lowest BCUT2D eigenvalue weighted by molar-refractivity contribution is 0.102. The van der Waals surface area contributed by atoms with E-state index in [0.29, 0.717) is 5.56 Å². The van der Waals surface area contributed by atoms with Crippen LogP contribution < -0.4 is 10.2 Å². The molecule has 5 nitrogen and oxygen atoms in total. The van der Waals surface area contributed by atoms with E-state index in [1.807, 2.05) is 73.6 Å². The predicted molar refractivity (Wildman–Crippen MR) is 92.7 cm³/mol. The van der Waals surface area contributed by atoms with Gasteiger partial charge in [-0.1, -0.05) is 12.1 Å². The molecule has 3 rings (SSSR count). The molecule has 3 aromatic rings. The van der Waals surface area contributed by atoms with E-state index in [1.54, 1.807) is 6.20 Å². The summed E-state index contributed by atoms with van der Waals surface area (Å²) in [6, 6.07) is 17.0. The molecule has 23 heavy (non-hydrogen) atoms. The molecule has 2 N–H and O–H groups in total. The minimum atomic E-state index is -0.121. The van der Waals surface area contributed by atoms with Gasteiger partial charge in [0.1, 0.15) is 0 Å². The first kappa shape index (κ1) is 14.8. The first-order chi connectivity index (χ1) is 11.1. The van der Waals surface area contributed by atoms with Crippen LogP contribution in [0.2, 0.25) is 0 Å². The Morgan fingerprint density at radius 1 is 1.00 bits per heavy atom. The van der Waals surface area contributed by atoms with E-state index in [4.69, 9.17) is 0 Å². The van der Waals surface area contributed by atoms with Crippen LogP contribution in [0.4, 0.5) is 11.4 Å². The molecule has 1 aromatic heterocycles. The number of H-pyrrole nitrogens is 1. The van der Waals surface area contributed by atoms with Gasteiger partial charge in [0.15, 0.2) is 0 Å². The summed E-state index contributed by atoms with van der Waals surface area (Å²) in [6.07, 6.45) is 1.71. The van der Waals surface area contributed by atoms with Gasteiger partial charge in [-0.05, 0) is 48.0 Å². The molecule has 0 saturated heterocycles. The van der Waals surface area contributed by atoms with Gasteiger partial charge in [0.25, 0.3) is 5.91 Å². The fraction of sp³-hybridized carbons (Fsp3) is 0.111. The van der Waals surface area contributed by atoms with Crippen LogP contribution in [0.5, 0.6) is 0 Å². The number of hydrogen-bond donors (Lipinski definition) is 2. The SMILES string of the molecule is CN(C)c1ccc(C(=O)Nc2ccc(-c3ccn[nH]3)cc2)cc1. The van der Waals surface area contributed by atoms with E-state index >= 15 is 0 Å². The van der Waals surface area contributed by atoms with Crippen LogP contribution in [0, 0.1) is 0 Å². The van der Waals surface area contributed by atoms with Gasteiger partial charge < -0.3 is 10.2 Å². The van der Waals surface area contributed by atoms with E-state index in [2.05, 4.69) is 15.5 Å². The topological polar surface area (TPSA) is 61.0 Å². The van der Waals surface area contributed by atoms with Crippen molar-refractivity contribution >= 4 is 17.3 Å². The van der Waals surface area contributed by atoms with Crippen LogP contribution in [-0.2, 0) is 0 Å². The van der Waals surface area contributed by atoms with E-state index in [1.165, 1.54) is 0 Å². The summed E-state index contributed by atoms with van der Waals surface area (Å²) < 4.78 is 0. The smallest absolute Gasteiger partial charge is 0.255 e. The lowest BCUT2D eigenvalue weighted by atomic mass is 10.1. The second kappa shape index (κ2) is 6.36. The van der Waals surface area contributed by atoms with Crippen molar-refractivity contribution in [2.45, 2.75) is 0 Å². The van der Waals surface area contributed by atoms with Gasteiger partial charge in [-0.15, -0.1) is 0 Å². The quantitative estimate of drug-likeness (QED) is 0.776. The summed E-state index contributed by atoms with van der Waals surface area (Å²) >= 11 is 0. The molecule has 116 valence electrons. The van der Waals surface area contributed by atoms with Crippen molar-refractivity contribution in [1.82, 2.24) is 10.2 Å². The first-order valence-electron chi connectivity index (χ1n) is 7.32. The van der Waals surface area contributed by atoms with E-state index < -0.39 is 0 Å². The minimum Gasteiger partial charge on any atom is -0.378 e. The van der Waals surface area contributed by atoms with Gasteiger partial charge in [0, 0.05) is 37.2 Å². The maximum absolute atomic E-state index is 12.3. The molecule has 0 aliphatic heterocycles. The van der Waals surface area contributed by atoms with Crippen molar-refractivity contribution < 1.29 is 4.79 Å². The van der Waals surface area contributed by atoms with E-state index in [0.717, 1.165) is 22.6 Å². The molecule has 2 aromatic carbocycles. The molecule has 0 aliphatic carbocycles. The molecule has 1 amide bonds. The molecule has 0 unspecified atom stereocenters. The van der Waals surface area contributed by atoms with Gasteiger partial charge in [0.05, 0.1) is 5.69 Å². The van der Waals surface area contributed by atoms with Crippen LogP contribution in [0.3, 0.4) is 0 Å². The van der Waals surface area contributed by atoms with Crippen molar-refractivity contribution in [2.75, 3.05) is 24.3 Å². The molecule has 0 spiro atoms. The Labute approximate surface area is 135 Å². The molecular formula is C18H18N4O. The standard InChI is InChI=1S/C18H18N4O/c1-22(2)16-9-5-14(6-10-16)18(23)20-15-7-3-13(4-8-15)17-11-12-19-21-17/h3-12H,1-2H3,(H,19,21)(H,20,23). The van der Waals surface area contributed by atoms with Crippen molar-refractivity contribution in [3.63, 3.8) is 0 Å². The Balaban J connectivity index is 1.70. The van der Waals surface area contributed by atoms with Crippen LogP contribution in [0.15, 0.2) is 60.8 Å². The molecule has 0 aliphatic rings. The van der Waals surface area contributed by atoms with Crippen LogP contribution in [0.1, 0.15) is 10.4 Å². The summed E-state index contributed by atoms with van der Waals surface area (Å²) in [5, 5.41) is 9.74. The molecule has 0 saturated carbocycles. The van der Waals surface area contributed by atoms with Gasteiger partial charge in [-0.2, -0.15) is 5.10 Å². The third kappa shape index (κ3) is 3.40. The summed E-state index contributed by atoms with van der Waals surface area (Å²) in [5.41, 5.74) is 4.42. The highest BCUT2D eigenvalue weighted by Crippen LogP contribution is 2.19. The second-order valence-electron chi connectivity index (χ2n) is 5.44. The van der Waals surface area contributed by atoms with Crippen molar-refractivity contribution in [2.24, 2.45) is 0 Å². The minimum absolute atomic E-state index is 0.121. The van der Waals surface area contributed by atoms with E-state index in [-0.39, 0.29) is 5.91 Å². The molecule has 5 heteroatoms. The normalized spacial score (nSPS) is 10.3. The number of anilines is 2. The number of amides is 1. The lowest BCUT2D eigenvalue weighted by Gasteiger charge is -2.12. The molecule has 1 heterocycles. The third-order valence-corrected chi connectivity index (χ3v) is 3.60. The number of aromatic nitrogens is 2. The number of benzene rings is 2. The Morgan fingerprint density at radius 2 is 1.70 bits per heavy atom. The van der Waals surface area contributed by atoms with Gasteiger partial charge in [0.2, 0.25) is 0 Å². The molecule has 0 radical (unpaired) electrons. The van der Waals surface area contributed by atoms with Crippen LogP contribution in [-0.4, -0.2) is 30.2 Å². The zero-order valence-electron chi connectivity index (χ0n) is 13.1. The highest BCUT2D eigenvalue weighted by atomic mass is 16.1. The Kier molecular flexibility index (Phi) is 4.10. The zero-order chi connectivity index (χ0) is 16.2. The monoisotopic (exact) mass is 306 g/mol. The zero-order valence-corrected chi connectivity index (χ0v) is 13.1. The molecule has 0 atom stereocenters. The van der Waals surface area contributed by atoms with Crippen molar-refractivity contribution in [1.29, 1.82) is 0 Å². The largest absolute Gasteiger partial charge is 0.378 e. The Morgan fingerprint density at radius 3 is 2.26 bits per heavy atom.